The molecule has 8 nitrogen and oxygen atoms in total. The highest BCUT2D eigenvalue weighted by Gasteiger charge is 2.44. The highest BCUT2D eigenvalue weighted by atomic mass is 19.4. The van der Waals surface area contributed by atoms with Crippen molar-refractivity contribution in [3.8, 4) is 0 Å². The molecule has 0 radical (unpaired) electrons. The van der Waals surface area contributed by atoms with Crippen molar-refractivity contribution in [3.63, 3.8) is 0 Å². The van der Waals surface area contributed by atoms with Crippen LogP contribution in [0.15, 0.2) is 30.6 Å². The van der Waals surface area contributed by atoms with Crippen LogP contribution in [0, 0.1) is 0 Å². The third kappa shape index (κ3) is 5.32. The molecule has 2 aromatic heterocycles. The number of aromatic nitrogens is 3. The topological polar surface area (TPSA) is 83.6 Å². The summed E-state index contributed by atoms with van der Waals surface area (Å²) in [5.74, 6) is -2.59. The average Bonchev–Trinajstić information content (AvgIpc) is 3.44. The van der Waals surface area contributed by atoms with Crippen LogP contribution < -0.4 is 0 Å². The Balaban J connectivity index is 0.000000360. The van der Waals surface area contributed by atoms with Crippen molar-refractivity contribution in [3.05, 3.63) is 42.0 Å². The smallest absolute Gasteiger partial charge is 0.475 e. The molecular weight excluding hydrogens is 427 g/mol. The molecule has 1 N–H and O–H groups in total. The monoisotopic (exact) mass is 455 g/mol. The second kappa shape index (κ2) is 9.35. The van der Waals surface area contributed by atoms with Crippen LogP contribution in [-0.2, 0) is 25.4 Å². The van der Waals surface area contributed by atoms with Crippen LogP contribution in [-0.4, -0.2) is 72.5 Å². The number of hydrogen-bond acceptors (Lipinski definition) is 4. The number of carbonyl (C=O) groups excluding carboxylic acids is 1. The molecule has 0 atom stereocenters. The summed E-state index contributed by atoms with van der Waals surface area (Å²) in [4.78, 5) is 26.3. The van der Waals surface area contributed by atoms with E-state index in [4.69, 9.17) is 9.90 Å². The minimum atomic E-state index is -5.08. The van der Waals surface area contributed by atoms with Crippen molar-refractivity contribution >= 4 is 11.9 Å². The van der Waals surface area contributed by atoms with Crippen LogP contribution in [0.3, 0.4) is 0 Å². The lowest BCUT2D eigenvalue weighted by molar-refractivity contribution is -0.192. The lowest BCUT2D eigenvalue weighted by Crippen LogP contribution is -2.53. The average molecular weight is 455 g/mol. The molecule has 0 aliphatic carbocycles. The largest absolute Gasteiger partial charge is 0.490 e. The number of carbonyl (C=O) groups is 2. The molecular formula is C21H28F3N5O3. The predicted octanol–water partition coefficient (Wildman–Crippen LogP) is 2.66. The number of piperidine rings is 1. The molecule has 2 aliphatic heterocycles. The number of rotatable bonds is 3. The molecule has 32 heavy (non-hydrogen) atoms. The summed E-state index contributed by atoms with van der Waals surface area (Å²) < 4.78 is 35.5. The van der Waals surface area contributed by atoms with Crippen LogP contribution in [0.4, 0.5) is 13.2 Å². The molecule has 1 spiro atoms. The van der Waals surface area contributed by atoms with Crippen LogP contribution in [0.5, 0.6) is 0 Å². The molecule has 0 bridgehead atoms. The number of alkyl halides is 3. The van der Waals surface area contributed by atoms with Gasteiger partial charge in [-0.15, -0.1) is 0 Å². The van der Waals surface area contributed by atoms with E-state index in [1.165, 1.54) is 12.8 Å². The van der Waals surface area contributed by atoms with Crippen molar-refractivity contribution in [2.45, 2.75) is 43.9 Å². The van der Waals surface area contributed by atoms with Gasteiger partial charge in [-0.1, -0.05) is 0 Å². The number of nitrogens with zero attached hydrogens (tertiary/aromatic N) is 5. The number of aliphatic carboxylic acids is 1. The van der Waals surface area contributed by atoms with Crippen LogP contribution >= 0.6 is 0 Å². The Hall–Kier alpha value is -2.82. The zero-order valence-electron chi connectivity index (χ0n) is 18.2. The van der Waals surface area contributed by atoms with E-state index in [-0.39, 0.29) is 11.4 Å². The Kier molecular flexibility index (Phi) is 6.97. The summed E-state index contributed by atoms with van der Waals surface area (Å²) in [7, 11) is 3.90. The molecule has 2 saturated heterocycles. The fraction of sp³-hybridized carbons (Fsp3) is 0.571. The Labute approximate surface area is 184 Å². The Morgan fingerprint density at radius 1 is 1.09 bits per heavy atom. The van der Waals surface area contributed by atoms with Gasteiger partial charge in [0.05, 0.1) is 5.69 Å². The molecule has 2 aliphatic rings. The summed E-state index contributed by atoms with van der Waals surface area (Å²) in [5, 5.41) is 11.7. The Morgan fingerprint density at radius 3 is 2.25 bits per heavy atom. The van der Waals surface area contributed by atoms with Gasteiger partial charge in [0.15, 0.2) is 0 Å². The molecule has 4 rings (SSSR count). The van der Waals surface area contributed by atoms with Gasteiger partial charge in [-0.05, 0) is 50.4 Å². The van der Waals surface area contributed by atoms with Gasteiger partial charge in [0.1, 0.15) is 5.69 Å². The lowest BCUT2D eigenvalue weighted by Gasteiger charge is -2.45. The van der Waals surface area contributed by atoms with E-state index in [0.29, 0.717) is 0 Å². The molecule has 4 heterocycles. The standard InChI is InChI=1S/C19H27N5O.C2HF3O2/c1-21-10-3-5-17(21)18(25)23-13-8-19(9-14-23)7-4-11-24(19)15-16-6-12-22(2)20-16;3-2(4,5)1(6)7/h3,5-6,10,12H,4,7-9,11,13-15H2,1-2H3;(H,6,7). The number of aryl methyl sites for hydroxylation is 2. The number of hydrogen-bond donors (Lipinski definition) is 1. The number of amides is 1. The number of carboxylic acid groups (broad SMARTS) is 1. The fourth-order valence-corrected chi connectivity index (χ4v) is 4.52. The maximum Gasteiger partial charge on any atom is 0.490 e. The molecule has 11 heteroatoms. The van der Waals surface area contributed by atoms with Gasteiger partial charge in [0.2, 0.25) is 0 Å². The van der Waals surface area contributed by atoms with Gasteiger partial charge in [-0.25, -0.2) is 4.79 Å². The highest BCUT2D eigenvalue weighted by Crippen LogP contribution is 2.39. The highest BCUT2D eigenvalue weighted by molar-refractivity contribution is 5.92. The second-order valence-electron chi connectivity index (χ2n) is 8.33. The Morgan fingerprint density at radius 2 is 1.75 bits per heavy atom. The first-order valence-corrected chi connectivity index (χ1v) is 10.5. The van der Waals surface area contributed by atoms with Crippen LogP contribution in [0.2, 0.25) is 0 Å². The number of likely N-dealkylation sites (tertiary alicyclic amines) is 2. The normalized spacial score (nSPS) is 18.5. The van der Waals surface area contributed by atoms with Crippen LogP contribution in [0.1, 0.15) is 41.9 Å². The second-order valence-corrected chi connectivity index (χ2v) is 8.33. The van der Waals surface area contributed by atoms with E-state index in [1.807, 2.05) is 52.8 Å². The van der Waals surface area contributed by atoms with Crippen molar-refractivity contribution in [2.24, 2.45) is 14.1 Å². The SMILES string of the molecule is Cn1ccc(CN2CCCC23CCN(C(=O)c2cccn2C)CC3)n1.O=C(O)C(F)(F)F. The van der Waals surface area contributed by atoms with Gasteiger partial charge >= 0.3 is 12.1 Å². The molecule has 176 valence electrons. The quantitative estimate of drug-likeness (QED) is 0.770. The van der Waals surface area contributed by atoms with Gasteiger partial charge < -0.3 is 14.6 Å². The first kappa shape index (κ1) is 23.8. The minimum absolute atomic E-state index is 0.164. The molecule has 0 unspecified atom stereocenters. The van der Waals surface area contributed by atoms with E-state index >= 15 is 0 Å². The first-order chi connectivity index (χ1) is 15.0. The van der Waals surface area contributed by atoms with E-state index in [9.17, 15) is 18.0 Å². The summed E-state index contributed by atoms with van der Waals surface area (Å²) >= 11 is 0. The maximum absolute atomic E-state index is 12.7. The van der Waals surface area contributed by atoms with Gasteiger partial charge in [0.25, 0.3) is 5.91 Å². The molecule has 0 aromatic carbocycles. The first-order valence-electron chi connectivity index (χ1n) is 10.5. The molecule has 2 fully saturated rings. The number of carboxylic acids is 1. The third-order valence-electron chi connectivity index (χ3n) is 6.25. The van der Waals surface area contributed by atoms with Crippen molar-refractivity contribution < 1.29 is 27.9 Å². The lowest BCUT2D eigenvalue weighted by atomic mass is 9.84. The molecule has 1 amide bonds. The van der Waals surface area contributed by atoms with Crippen molar-refractivity contribution in [1.82, 2.24) is 24.1 Å². The summed E-state index contributed by atoms with van der Waals surface area (Å²) in [5.41, 5.74) is 2.18. The summed E-state index contributed by atoms with van der Waals surface area (Å²) in [6, 6.07) is 5.96. The Bertz CT molecular complexity index is 945. The molecule has 2 aromatic rings. The zero-order valence-corrected chi connectivity index (χ0v) is 18.2. The van der Waals surface area contributed by atoms with Crippen molar-refractivity contribution in [2.75, 3.05) is 19.6 Å². The van der Waals surface area contributed by atoms with E-state index in [1.54, 1.807) is 0 Å². The van der Waals surface area contributed by atoms with Crippen LogP contribution in [0.25, 0.3) is 0 Å². The van der Waals surface area contributed by atoms with Gasteiger partial charge in [-0.2, -0.15) is 18.3 Å². The molecule has 0 saturated carbocycles. The maximum atomic E-state index is 12.7. The van der Waals surface area contributed by atoms with E-state index < -0.39 is 12.1 Å². The number of halogens is 3. The van der Waals surface area contributed by atoms with E-state index in [0.717, 1.165) is 50.4 Å². The zero-order chi connectivity index (χ0) is 23.5. The van der Waals surface area contributed by atoms with Crippen molar-refractivity contribution in [1.29, 1.82) is 0 Å². The third-order valence-corrected chi connectivity index (χ3v) is 6.25. The minimum Gasteiger partial charge on any atom is -0.475 e. The predicted molar refractivity (Wildman–Crippen MR) is 110 cm³/mol. The summed E-state index contributed by atoms with van der Waals surface area (Å²) in [6.07, 6.45) is 3.49. The summed E-state index contributed by atoms with van der Waals surface area (Å²) in [6.45, 7) is 3.76. The van der Waals surface area contributed by atoms with Gasteiger partial charge in [0, 0.05) is 51.7 Å². The fourth-order valence-electron chi connectivity index (χ4n) is 4.52. The van der Waals surface area contributed by atoms with Gasteiger partial charge in [-0.3, -0.25) is 14.4 Å². The van der Waals surface area contributed by atoms with E-state index in [2.05, 4.69) is 16.1 Å².